The molecule has 0 amide bonds. The molecular formula is C13H17BrFNO2. The molecule has 5 heteroatoms. The fourth-order valence-electron chi connectivity index (χ4n) is 1.73. The zero-order valence-corrected chi connectivity index (χ0v) is 12.1. The lowest BCUT2D eigenvalue weighted by atomic mass is 9.96. The van der Waals surface area contributed by atoms with Gasteiger partial charge < -0.3 is 5.11 Å². The van der Waals surface area contributed by atoms with Gasteiger partial charge in [0, 0.05) is 16.6 Å². The summed E-state index contributed by atoms with van der Waals surface area (Å²) >= 11 is 3.18. The smallest absolute Gasteiger partial charge is 0.323 e. The summed E-state index contributed by atoms with van der Waals surface area (Å²) in [5, 5.41) is 12.1. The van der Waals surface area contributed by atoms with E-state index >= 15 is 0 Å². The Labute approximate surface area is 115 Å². The Balaban J connectivity index is 2.76. The highest BCUT2D eigenvalue weighted by atomic mass is 79.9. The number of rotatable bonds is 6. The molecule has 100 valence electrons. The van der Waals surface area contributed by atoms with E-state index in [0.29, 0.717) is 16.5 Å². The van der Waals surface area contributed by atoms with Crippen LogP contribution in [-0.2, 0) is 11.3 Å². The van der Waals surface area contributed by atoms with Crippen LogP contribution >= 0.6 is 15.9 Å². The Morgan fingerprint density at radius 2 is 2.22 bits per heavy atom. The van der Waals surface area contributed by atoms with Gasteiger partial charge in [-0.3, -0.25) is 10.1 Å². The maximum absolute atomic E-state index is 13.6. The Bertz CT molecular complexity index is 439. The van der Waals surface area contributed by atoms with Gasteiger partial charge in [0.2, 0.25) is 0 Å². The minimum Gasteiger partial charge on any atom is -0.480 e. The van der Waals surface area contributed by atoms with Crippen LogP contribution in [0.25, 0.3) is 0 Å². The summed E-state index contributed by atoms with van der Waals surface area (Å²) in [6.07, 6.45) is 1.25. The zero-order chi connectivity index (χ0) is 13.8. The molecule has 3 nitrogen and oxygen atoms in total. The minimum atomic E-state index is -1.02. The fraction of sp³-hybridized carbons (Fsp3) is 0.462. The van der Waals surface area contributed by atoms with Crippen molar-refractivity contribution in [3.8, 4) is 0 Å². The molecule has 0 fully saturated rings. The maximum Gasteiger partial charge on any atom is 0.323 e. The van der Waals surface area contributed by atoms with Gasteiger partial charge in [-0.2, -0.15) is 0 Å². The van der Waals surface area contributed by atoms with Crippen molar-refractivity contribution >= 4 is 21.9 Å². The molecule has 0 bridgehead atoms. The van der Waals surface area contributed by atoms with Crippen molar-refractivity contribution in [3.63, 3.8) is 0 Å². The number of hydrogen-bond donors (Lipinski definition) is 2. The van der Waals surface area contributed by atoms with E-state index in [4.69, 9.17) is 0 Å². The summed E-state index contributed by atoms with van der Waals surface area (Å²) in [4.78, 5) is 11.2. The van der Waals surface area contributed by atoms with E-state index in [2.05, 4.69) is 21.2 Å². The Morgan fingerprint density at radius 3 is 2.72 bits per heavy atom. The van der Waals surface area contributed by atoms with Crippen LogP contribution in [0.15, 0.2) is 22.7 Å². The highest BCUT2D eigenvalue weighted by Gasteiger charge is 2.31. The maximum atomic E-state index is 13.6. The average Bonchev–Trinajstić information content (AvgIpc) is 2.28. The van der Waals surface area contributed by atoms with Gasteiger partial charge >= 0.3 is 5.97 Å². The molecule has 0 heterocycles. The zero-order valence-electron chi connectivity index (χ0n) is 10.5. The fourth-order valence-corrected chi connectivity index (χ4v) is 2.06. The first kappa shape index (κ1) is 15.1. The number of carboxylic acid groups (broad SMARTS) is 1. The minimum absolute atomic E-state index is 0.196. The van der Waals surface area contributed by atoms with Crippen molar-refractivity contribution < 1.29 is 14.3 Å². The van der Waals surface area contributed by atoms with Crippen molar-refractivity contribution in [2.75, 3.05) is 0 Å². The summed E-state index contributed by atoms with van der Waals surface area (Å²) in [7, 11) is 0. The standard InChI is InChI=1S/C13H17BrFNO2/c1-3-6-13(2,12(17)18)16-8-9-4-5-10(14)7-11(9)15/h4-5,7,16H,3,6,8H2,1-2H3,(H,17,18). The molecule has 0 aromatic heterocycles. The van der Waals surface area contributed by atoms with Crippen molar-refractivity contribution in [3.05, 3.63) is 34.1 Å². The molecule has 0 aliphatic rings. The number of carboxylic acids is 1. The first-order chi connectivity index (χ1) is 8.39. The van der Waals surface area contributed by atoms with Crippen LogP contribution in [-0.4, -0.2) is 16.6 Å². The third kappa shape index (κ3) is 3.78. The number of nitrogens with one attached hydrogen (secondary N) is 1. The molecule has 1 unspecified atom stereocenters. The van der Waals surface area contributed by atoms with Crippen LogP contribution in [0, 0.1) is 5.82 Å². The largest absolute Gasteiger partial charge is 0.480 e. The third-order valence-corrected chi connectivity index (χ3v) is 3.40. The van der Waals surface area contributed by atoms with E-state index in [9.17, 15) is 14.3 Å². The van der Waals surface area contributed by atoms with Gasteiger partial charge in [0.25, 0.3) is 0 Å². The SMILES string of the molecule is CCCC(C)(NCc1ccc(Br)cc1F)C(=O)O. The molecule has 0 spiro atoms. The molecule has 0 radical (unpaired) electrons. The van der Waals surface area contributed by atoms with Gasteiger partial charge in [0.15, 0.2) is 0 Å². The van der Waals surface area contributed by atoms with Crippen LogP contribution in [0.5, 0.6) is 0 Å². The predicted octanol–water partition coefficient (Wildman–Crippen LogP) is 3.32. The lowest BCUT2D eigenvalue weighted by Crippen LogP contribution is -2.49. The molecule has 0 saturated heterocycles. The second-order valence-electron chi connectivity index (χ2n) is 4.48. The van der Waals surface area contributed by atoms with E-state index in [-0.39, 0.29) is 12.4 Å². The Hall–Kier alpha value is -0.940. The highest BCUT2D eigenvalue weighted by molar-refractivity contribution is 9.10. The molecular weight excluding hydrogens is 301 g/mol. The molecule has 0 saturated carbocycles. The summed E-state index contributed by atoms with van der Waals surface area (Å²) in [5.41, 5.74) is -0.560. The van der Waals surface area contributed by atoms with Crippen molar-refractivity contribution in [2.24, 2.45) is 0 Å². The second kappa shape index (κ2) is 6.29. The number of hydrogen-bond acceptors (Lipinski definition) is 2. The summed E-state index contributed by atoms with van der Waals surface area (Å²) in [6, 6.07) is 4.74. The monoisotopic (exact) mass is 317 g/mol. The van der Waals surface area contributed by atoms with Crippen LogP contribution in [0.2, 0.25) is 0 Å². The highest BCUT2D eigenvalue weighted by Crippen LogP contribution is 2.18. The Kier molecular flexibility index (Phi) is 5.28. The van der Waals surface area contributed by atoms with Gasteiger partial charge in [0.05, 0.1) is 0 Å². The molecule has 1 rings (SSSR count). The molecule has 18 heavy (non-hydrogen) atoms. The van der Waals surface area contributed by atoms with E-state index in [1.807, 2.05) is 6.92 Å². The Morgan fingerprint density at radius 1 is 1.56 bits per heavy atom. The van der Waals surface area contributed by atoms with Crippen LogP contribution < -0.4 is 5.32 Å². The van der Waals surface area contributed by atoms with E-state index in [0.717, 1.165) is 6.42 Å². The van der Waals surface area contributed by atoms with E-state index in [1.54, 1.807) is 19.1 Å². The summed E-state index contributed by atoms with van der Waals surface area (Å²) in [5.74, 6) is -1.26. The van der Waals surface area contributed by atoms with Crippen LogP contribution in [0.4, 0.5) is 4.39 Å². The molecule has 0 aliphatic heterocycles. The van der Waals surface area contributed by atoms with Gasteiger partial charge in [0.1, 0.15) is 11.4 Å². The topological polar surface area (TPSA) is 49.3 Å². The normalized spacial score (nSPS) is 14.2. The molecule has 1 aromatic carbocycles. The van der Waals surface area contributed by atoms with Crippen LogP contribution in [0.3, 0.4) is 0 Å². The number of halogens is 2. The average molecular weight is 318 g/mol. The predicted molar refractivity (Wildman–Crippen MR) is 71.9 cm³/mol. The summed E-state index contributed by atoms with van der Waals surface area (Å²) in [6.45, 7) is 3.74. The molecule has 1 aromatic rings. The van der Waals surface area contributed by atoms with Gasteiger partial charge in [-0.1, -0.05) is 35.3 Å². The lowest BCUT2D eigenvalue weighted by molar-refractivity contribution is -0.144. The first-order valence-electron chi connectivity index (χ1n) is 5.81. The second-order valence-corrected chi connectivity index (χ2v) is 5.39. The van der Waals surface area contributed by atoms with Gasteiger partial charge in [-0.25, -0.2) is 4.39 Å². The van der Waals surface area contributed by atoms with Gasteiger partial charge in [-0.05, 0) is 25.5 Å². The van der Waals surface area contributed by atoms with E-state index in [1.165, 1.54) is 6.07 Å². The quantitative estimate of drug-likeness (QED) is 0.846. The van der Waals surface area contributed by atoms with Crippen LogP contribution in [0.1, 0.15) is 32.3 Å². The molecule has 0 aliphatic carbocycles. The number of aliphatic carboxylic acids is 1. The van der Waals surface area contributed by atoms with Crippen molar-refractivity contribution in [1.82, 2.24) is 5.32 Å². The van der Waals surface area contributed by atoms with Crippen molar-refractivity contribution in [1.29, 1.82) is 0 Å². The lowest BCUT2D eigenvalue weighted by Gasteiger charge is -2.26. The van der Waals surface area contributed by atoms with Crippen molar-refractivity contribution in [2.45, 2.75) is 38.8 Å². The molecule has 2 N–H and O–H groups in total. The number of benzene rings is 1. The first-order valence-corrected chi connectivity index (χ1v) is 6.60. The number of carbonyl (C=O) groups is 1. The third-order valence-electron chi connectivity index (χ3n) is 2.91. The molecule has 1 atom stereocenters. The summed E-state index contributed by atoms with van der Waals surface area (Å²) < 4.78 is 14.3. The van der Waals surface area contributed by atoms with E-state index < -0.39 is 11.5 Å². The van der Waals surface area contributed by atoms with Gasteiger partial charge in [-0.15, -0.1) is 0 Å².